The molecule has 3 heterocycles. The van der Waals surface area contributed by atoms with Gasteiger partial charge in [-0.1, -0.05) is 29.8 Å². The molecule has 0 bridgehead atoms. The summed E-state index contributed by atoms with van der Waals surface area (Å²) in [4.78, 5) is 13.9. The van der Waals surface area contributed by atoms with Gasteiger partial charge in [0.1, 0.15) is 17.3 Å². The summed E-state index contributed by atoms with van der Waals surface area (Å²) in [6, 6.07) is 11.0. The highest BCUT2D eigenvalue weighted by atomic mass is 35.5. The number of aromatic nitrogens is 2. The summed E-state index contributed by atoms with van der Waals surface area (Å²) in [6.45, 7) is 2.41. The molecule has 2 aliphatic heterocycles. The quantitative estimate of drug-likeness (QED) is 0.493. The minimum absolute atomic E-state index is 0.173. The predicted octanol–water partition coefficient (Wildman–Crippen LogP) is 5.63. The van der Waals surface area contributed by atoms with Crippen molar-refractivity contribution < 1.29 is 8.78 Å². The second-order valence-corrected chi connectivity index (χ2v) is 8.95. The molecule has 1 aromatic heterocycles. The van der Waals surface area contributed by atoms with Crippen LogP contribution in [-0.2, 0) is 6.54 Å². The van der Waals surface area contributed by atoms with Crippen LogP contribution in [0.5, 0.6) is 0 Å². The Hall–Kier alpha value is -2.90. The van der Waals surface area contributed by atoms with Crippen molar-refractivity contribution in [1.82, 2.24) is 15.3 Å². The van der Waals surface area contributed by atoms with Gasteiger partial charge in [-0.25, -0.2) is 23.7 Å². The number of benzene rings is 2. The van der Waals surface area contributed by atoms with Crippen LogP contribution in [0.25, 0.3) is 0 Å². The molecule has 0 spiro atoms. The number of piperidine rings is 1. The number of nitrogens with one attached hydrogen (secondary N) is 2. The zero-order valence-electron chi connectivity index (χ0n) is 18.0. The highest BCUT2D eigenvalue weighted by molar-refractivity contribution is 6.35. The second-order valence-electron chi connectivity index (χ2n) is 8.54. The lowest BCUT2D eigenvalue weighted by atomic mass is 9.83. The van der Waals surface area contributed by atoms with E-state index in [1.165, 1.54) is 18.2 Å². The Morgan fingerprint density at radius 2 is 1.97 bits per heavy atom. The minimum Gasteiger partial charge on any atom is -0.350 e. The average Bonchev–Trinajstić information content (AvgIpc) is 3.16. The fraction of sp³-hybridized carbons (Fsp3) is 0.320. The van der Waals surface area contributed by atoms with E-state index in [0.29, 0.717) is 40.4 Å². The number of hydrogen-bond acceptors (Lipinski definition) is 5. The Balaban J connectivity index is 1.44. The van der Waals surface area contributed by atoms with Gasteiger partial charge in [-0.05, 0) is 68.1 Å². The van der Waals surface area contributed by atoms with Crippen LogP contribution < -0.4 is 10.6 Å². The minimum atomic E-state index is -0.386. The fourth-order valence-corrected chi connectivity index (χ4v) is 4.85. The molecule has 5 nitrogen and oxygen atoms in total. The van der Waals surface area contributed by atoms with Crippen molar-refractivity contribution in [2.45, 2.75) is 31.7 Å². The molecule has 2 atom stereocenters. The van der Waals surface area contributed by atoms with Gasteiger partial charge in [0.05, 0.1) is 28.2 Å². The molecule has 33 heavy (non-hydrogen) atoms. The summed E-state index contributed by atoms with van der Waals surface area (Å²) in [5.41, 5.74) is 3.30. The zero-order valence-corrected chi connectivity index (χ0v) is 18.7. The first kappa shape index (κ1) is 21.9. The van der Waals surface area contributed by atoms with Crippen LogP contribution in [0.4, 0.5) is 20.4 Å². The zero-order chi connectivity index (χ0) is 22.8. The predicted molar refractivity (Wildman–Crippen MR) is 126 cm³/mol. The van der Waals surface area contributed by atoms with Gasteiger partial charge in [-0.15, -0.1) is 0 Å². The molecular weight excluding hydrogens is 444 g/mol. The molecular formula is C25H24ClF2N5. The van der Waals surface area contributed by atoms with E-state index in [-0.39, 0.29) is 17.6 Å². The summed E-state index contributed by atoms with van der Waals surface area (Å²) < 4.78 is 28.0. The van der Waals surface area contributed by atoms with Crippen LogP contribution in [0, 0.1) is 17.6 Å². The van der Waals surface area contributed by atoms with Crippen LogP contribution in [0.3, 0.4) is 0 Å². The molecule has 3 aromatic rings. The van der Waals surface area contributed by atoms with Crippen molar-refractivity contribution >= 4 is 28.9 Å². The van der Waals surface area contributed by atoms with E-state index in [1.54, 1.807) is 30.5 Å². The molecule has 2 aliphatic rings. The number of rotatable bonds is 6. The van der Waals surface area contributed by atoms with Crippen LogP contribution in [-0.4, -0.2) is 28.8 Å². The summed E-state index contributed by atoms with van der Waals surface area (Å²) in [5, 5.41) is 7.00. The molecule has 0 saturated carbocycles. The van der Waals surface area contributed by atoms with Crippen molar-refractivity contribution in [1.29, 1.82) is 0 Å². The van der Waals surface area contributed by atoms with Gasteiger partial charge < -0.3 is 10.6 Å². The number of anilines is 1. The Morgan fingerprint density at radius 3 is 2.73 bits per heavy atom. The van der Waals surface area contributed by atoms with Gasteiger partial charge in [0.25, 0.3) is 0 Å². The number of hydrogen-bond donors (Lipinski definition) is 2. The maximum Gasteiger partial charge on any atom is 0.223 e. The molecule has 170 valence electrons. The number of fused-ring (bicyclic) bond motifs is 1. The van der Waals surface area contributed by atoms with E-state index in [9.17, 15) is 8.78 Å². The number of nitrogens with zero attached hydrogens (tertiary/aromatic N) is 3. The van der Waals surface area contributed by atoms with Gasteiger partial charge in [0.15, 0.2) is 0 Å². The van der Waals surface area contributed by atoms with E-state index in [1.807, 2.05) is 0 Å². The SMILES string of the molecule is Fc1ccc(CNc2ncc3c(n2)C(C[C@@H]2CCCNC2)C(c2c(F)cccc2Cl)=N3)cc1. The number of halogens is 3. The standard InChI is InChI=1S/C25H24ClF2N5/c26-19-4-1-5-20(28)22(19)24-18(11-16-3-2-10-29-12-16)23-21(32-24)14-31-25(33-23)30-13-15-6-8-17(27)9-7-15/h1,4-9,14,16,18,29H,2-3,10-13H2,(H,30,31,33)/t16-,18?/m0/s1. The van der Waals surface area contributed by atoms with Crippen molar-refractivity contribution in [3.05, 3.63) is 82.1 Å². The Bertz CT molecular complexity index is 1160. The van der Waals surface area contributed by atoms with E-state index < -0.39 is 0 Å². The van der Waals surface area contributed by atoms with Crippen LogP contribution in [0.2, 0.25) is 5.02 Å². The van der Waals surface area contributed by atoms with Crippen molar-refractivity contribution in [2.75, 3.05) is 18.4 Å². The van der Waals surface area contributed by atoms with Crippen LogP contribution in [0.15, 0.2) is 53.7 Å². The van der Waals surface area contributed by atoms with Crippen molar-refractivity contribution in [3.63, 3.8) is 0 Å². The van der Waals surface area contributed by atoms with Gasteiger partial charge >= 0.3 is 0 Å². The molecule has 1 fully saturated rings. The van der Waals surface area contributed by atoms with Crippen LogP contribution in [0.1, 0.15) is 42.0 Å². The van der Waals surface area contributed by atoms with Gasteiger partial charge in [0.2, 0.25) is 5.95 Å². The summed E-state index contributed by atoms with van der Waals surface area (Å²) in [7, 11) is 0. The van der Waals surface area contributed by atoms with Crippen LogP contribution >= 0.6 is 11.6 Å². The first-order valence-electron chi connectivity index (χ1n) is 11.2. The lowest BCUT2D eigenvalue weighted by molar-refractivity contribution is 0.351. The molecule has 1 unspecified atom stereocenters. The third-order valence-corrected chi connectivity index (χ3v) is 6.56. The van der Waals surface area contributed by atoms with Gasteiger partial charge in [-0.2, -0.15) is 0 Å². The third-order valence-electron chi connectivity index (χ3n) is 6.25. The highest BCUT2D eigenvalue weighted by Crippen LogP contribution is 2.42. The van der Waals surface area contributed by atoms with Gasteiger partial charge in [-0.3, -0.25) is 0 Å². The molecule has 0 amide bonds. The first-order chi connectivity index (χ1) is 16.1. The third kappa shape index (κ3) is 4.75. The first-order valence-corrected chi connectivity index (χ1v) is 11.5. The topological polar surface area (TPSA) is 62.2 Å². The Morgan fingerprint density at radius 1 is 1.12 bits per heavy atom. The largest absolute Gasteiger partial charge is 0.350 e. The average molecular weight is 468 g/mol. The molecule has 5 rings (SSSR count). The Labute approximate surface area is 196 Å². The molecule has 2 aromatic carbocycles. The van der Waals surface area contributed by atoms with E-state index >= 15 is 0 Å². The molecule has 2 N–H and O–H groups in total. The van der Waals surface area contributed by atoms with E-state index in [0.717, 1.165) is 43.6 Å². The maximum atomic E-state index is 14.8. The van der Waals surface area contributed by atoms with Gasteiger partial charge in [0, 0.05) is 12.5 Å². The lowest BCUT2D eigenvalue weighted by Crippen LogP contribution is -2.31. The molecule has 1 saturated heterocycles. The lowest BCUT2D eigenvalue weighted by Gasteiger charge is -2.26. The number of aliphatic imine (C=N–C) groups is 1. The molecule has 0 radical (unpaired) electrons. The normalized spacial score (nSPS) is 19.8. The van der Waals surface area contributed by atoms with E-state index in [4.69, 9.17) is 21.6 Å². The maximum absolute atomic E-state index is 14.8. The summed E-state index contributed by atoms with van der Waals surface area (Å²) >= 11 is 6.41. The summed E-state index contributed by atoms with van der Waals surface area (Å²) in [6.07, 6.45) is 4.70. The van der Waals surface area contributed by atoms with Crippen molar-refractivity contribution in [2.24, 2.45) is 10.9 Å². The highest BCUT2D eigenvalue weighted by Gasteiger charge is 2.35. The molecule has 8 heteroatoms. The smallest absolute Gasteiger partial charge is 0.223 e. The van der Waals surface area contributed by atoms with Crippen molar-refractivity contribution in [3.8, 4) is 0 Å². The van der Waals surface area contributed by atoms with E-state index in [2.05, 4.69) is 15.6 Å². The fourth-order valence-electron chi connectivity index (χ4n) is 4.59. The summed E-state index contributed by atoms with van der Waals surface area (Å²) in [5.74, 6) is 0.0677. The molecule has 0 aliphatic carbocycles. The second kappa shape index (κ2) is 9.53. The Kier molecular flexibility index (Phi) is 6.33. The monoisotopic (exact) mass is 467 g/mol.